The number of halogens is 1. The first-order chi connectivity index (χ1) is 30.0. The Balaban J connectivity index is 0.794. The molecule has 7 rings (SSSR count). The van der Waals surface area contributed by atoms with Crippen molar-refractivity contribution < 1.29 is 38.8 Å². The van der Waals surface area contributed by atoms with Crippen molar-refractivity contribution in [3.63, 3.8) is 0 Å². The fourth-order valence-corrected chi connectivity index (χ4v) is 8.20. The SMILES string of the molecule is COc1cc(NC(=O)OC[C@H]2CCN(C(=O)CCN3CCC(OC(=O)Nc4ccccc4-c4ccccc4)CC3)C2)c(Cl)cc1CNCC(O)c1ccc(O)c2[nH]c(=O)ccc12. The molecule has 4 aromatic carbocycles. The van der Waals surface area contributed by atoms with Gasteiger partial charge < -0.3 is 44.5 Å². The summed E-state index contributed by atoms with van der Waals surface area (Å²) in [6.07, 6.45) is 0.140. The van der Waals surface area contributed by atoms with E-state index in [1.165, 1.54) is 19.2 Å². The molecular weight excluding hydrogens is 816 g/mol. The van der Waals surface area contributed by atoms with E-state index in [1.807, 2.05) is 59.5 Å². The Kier molecular flexibility index (Phi) is 14.6. The second kappa shape index (κ2) is 20.6. The number of benzene rings is 4. The molecule has 0 aliphatic carbocycles. The minimum Gasteiger partial charge on any atom is -0.506 e. The Morgan fingerprint density at radius 2 is 1.66 bits per heavy atom. The molecule has 326 valence electrons. The number of phenolic OH excluding ortho intramolecular Hbond substituents is 1. The van der Waals surface area contributed by atoms with Gasteiger partial charge in [0, 0.05) is 86.8 Å². The number of aliphatic hydroxyl groups excluding tert-OH is 1. The number of aliphatic hydroxyl groups is 1. The summed E-state index contributed by atoms with van der Waals surface area (Å²) in [5.41, 5.74) is 4.01. The molecule has 1 unspecified atom stereocenters. The molecule has 0 bridgehead atoms. The first kappa shape index (κ1) is 43.9. The van der Waals surface area contributed by atoms with Crippen LogP contribution in [0.15, 0.2) is 95.8 Å². The number of rotatable bonds is 15. The van der Waals surface area contributed by atoms with Gasteiger partial charge in [-0.05, 0) is 54.7 Å². The van der Waals surface area contributed by atoms with Gasteiger partial charge in [0.1, 0.15) is 17.6 Å². The molecule has 0 radical (unpaired) electrons. The Bertz CT molecular complexity index is 2420. The van der Waals surface area contributed by atoms with Gasteiger partial charge in [-0.1, -0.05) is 66.2 Å². The fourth-order valence-electron chi connectivity index (χ4n) is 7.97. The van der Waals surface area contributed by atoms with Crippen LogP contribution in [0.2, 0.25) is 5.02 Å². The molecule has 16 heteroatoms. The van der Waals surface area contributed by atoms with Crippen molar-refractivity contribution in [2.24, 2.45) is 5.92 Å². The van der Waals surface area contributed by atoms with Crippen molar-refractivity contribution in [1.29, 1.82) is 0 Å². The summed E-state index contributed by atoms with van der Waals surface area (Å²) in [6.45, 7) is 3.71. The van der Waals surface area contributed by atoms with Crippen molar-refractivity contribution >= 4 is 52.0 Å². The third kappa shape index (κ3) is 11.2. The average Bonchev–Trinajstić information content (AvgIpc) is 3.76. The van der Waals surface area contributed by atoms with Crippen molar-refractivity contribution in [3.05, 3.63) is 117 Å². The number of fused-ring (bicyclic) bond motifs is 1. The van der Waals surface area contributed by atoms with Gasteiger partial charge in [0.15, 0.2) is 0 Å². The third-order valence-corrected chi connectivity index (χ3v) is 11.6. The number of aromatic nitrogens is 1. The van der Waals surface area contributed by atoms with Gasteiger partial charge in [0.05, 0.1) is 41.7 Å². The minimum atomic E-state index is -0.958. The number of nitrogens with one attached hydrogen (secondary N) is 4. The molecule has 62 heavy (non-hydrogen) atoms. The standard InChI is InChI=1S/C46H51ClN6O9/c1-60-41-24-38(36(47)23-31(41)25-48-26-40(55)34-11-13-39(54)44-35(34)12-14-42(56)51-44)50-45(58)61-28-29-15-22-53(27-29)43(57)18-21-52-19-16-32(17-20-52)62-46(59)49-37-10-6-5-9-33(37)30-7-3-2-4-8-30/h2-14,23-24,29,32,40,48,54-55H,15-22,25-28H2,1H3,(H,49,59)(H,50,58)(H,51,56)/t29-,40?/m0/s1. The van der Waals surface area contributed by atoms with E-state index < -0.39 is 18.3 Å². The highest BCUT2D eigenvalue weighted by Crippen LogP contribution is 2.33. The van der Waals surface area contributed by atoms with Crippen LogP contribution in [0.1, 0.15) is 42.9 Å². The predicted molar refractivity (Wildman–Crippen MR) is 237 cm³/mol. The zero-order chi connectivity index (χ0) is 43.6. The van der Waals surface area contributed by atoms with Crippen LogP contribution in [0, 0.1) is 5.92 Å². The first-order valence-corrected chi connectivity index (χ1v) is 21.1. The lowest BCUT2D eigenvalue weighted by Gasteiger charge is -2.31. The number of carbonyl (C=O) groups is 3. The molecule has 2 aliphatic rings. The number of anilines is 2. The summed E-state index contributed by atoms with van der Waals surface area (Å²) in [7, 11) is 1.49. The first-order valence-electron chi connectivity index (χ1n) is 20.7. The average molecular weight is 867 g/mol. The van der Waals surface area contributed by atoms with E-state index in [4.69, 9.17) is 25.8 Å². The highest BCUT2D eigenvalue weighted by atomic mass is 35.5. The lowest BCUT2D eigenvalue weighted by atomic mass is 10.0. The molecule has 3 amide bonds. The normalized spacial score (nSPS) is 16.2. The molecule has 2 saturated heterocycles. The number of hydrogen-bond donors (Lipinski definition) is 6. The highest BCUT2D eigenvalue weighted by molar-refractivity contribution is 6.33. The van der Waals surface area contributed by atoms with Crippen LogP contribution in [0.5, 0.6) is 11.5 Å². The van der Waals surface area contributed by atoms with Crippen molar-refractivity contribution in [3.8, 4) is 22.6 Å². The fraction of sp³-hybridized carbons (Fsp3) is 0.348. The number of ether oxygens (including phenoxy) is 3. The Labute approximate surface area is 363 Å². The molecule has 2 fully saturated rings. The van der Waals surface area contributed by atoms with Crippen LogP contribution in [-0.4, -0.2) is 102 Å². The zero-order valence-electron chi connectivity index (χ0n) is 34.4. The maximum absolute atomic E-state index is 13.1. The van der Waals surface area contributed by atoms with E-state index in [2.05, 4.69) is 25.8 Å². The molecule has 2 aliphatic heterocycles. The summed E-state index contributed by atoms with van der Waals surface area (Å²) in [5.74, 6) is 0.414. The number of likely N-dealkylation sites (tertiary alicyclic amines) is 2. The number of aromatic amines is 1. The monoisotopic (exact) mass is 866 g/mol. The van der Waals surface area contributed by atoms with Gasteiger partial charge in [0.2, 0.25) is 11.5 Å². The van der Waals surface area contributed by atoms with Crippen LogP contribution < -0.4 is 26.2 Å². The number of hydrogen-bond acceptors (Lipinski definition) is 11. The molecule has 15 nitrogen and oxygen atoms in total. The summed E-state index contributed by atoms with van der Waals surface area (Å²) in [5, 5.41) is 30.6. The van der Waals surface area contributed by atoms with Crippen LogP contribution in [0.3, 0.4) is 0 Å². The van der Waals surface area contributed by atoms with Gasteiger partial charge in [-0.25, -0.2) is 9.59 Å². The number of pyridine rings is 1. The van der Waals surface area contributed by atoms with Gasteiger partial charge >= 0.3 is 12.2 Å². The maximum atomic E-state index is 13.1. The Hall–Kier alpha value is -6.13. The lowest BCUT2D eigenvalue weighted by Crippen LogP contribution is -2.40. The summed E-state index contributed by atoms with van der Waals surface area (Å²) in [6, 6.07) is 26.7. The summed E-state index contributed by atoms with van der Waals surface area (Å²) < 4.78 is 16.9. The maximum Gasteiger partial charge on any atom is 0.411 e. The highest BCUT2D eigenvalue weighted by Gasteiger charge is 2.29. The number of nitrogens with zero attached hydrogens (tertiary/aromatic N) is 2. The number of carbonyl (C=O) groups excluding carboxylic acids is 3. The number of amides is 3. The topological polar surface area (TPSA) is 195 Å². The van der Waals surface area contributed by atoms with Crippen LogP contribution in [0.25, 0.3) is 22.0 Å². The van der Waals surface area contributed by atoms with Gasteiger partial charge in [-0.3, -0.25) is 20.2 Å². The largest absolute Gasteiger partial charge is 0.506 e. The van der Waals surface area contributed by atoms with Crippen LogP contribution >= 0.6 is 11.6 Å². The van der Waals surface area contributed by atoms with E-state index in [9.17, 15) is 29.4 Å². The number of phenols is 1. The number of piperidine rings is 1. The molecule has 2 atom stereocenters. The van der Waals surface area contributed by atoms with Gasteiger partial charge in [0.25, 0.3) is 0 Å². The Morgan fingerprint density at radius 1 is 0.903 bits per heavy atom. The molecule has 5 aromatic rings. The minimum absolute atomic E-state index is 0.000868. The molecule has 0 spiro atoms. The van der Waals surface area contributed by atoms with Crippen molar-refractivity contribution in [1.82, 2.24) is 20.1 Å². The van der Waals surface area contributed by atoms with Gasteiger partial charge in [-0.2, -0.15) is 0 Å². The van der Waals surface area contributed by atoms with E-state index in [0.29, 0.717) is 79.0 Å². The summed E-state index contributed by atoms with van der Waals surface area (Å²) >= 11 is 6.55. The number of para-hydroxylation sites is 1. The second-order valence-corrected chi connectivity index (χ2v) is 15.9. The number of methoxy groups -OCH3 is 1. The summed E-state index contributed by atoms with van der Waals surface area (Å²) in [4.78, 5) is 57.1. The van der Waals surface area contributed by atoms with E-state index >= 15 is 0 Å². The number of aromatic hydroxyl groups is 1. The molecule has 1 aromatic heterocycles. The third-order valence-electron chi connectivity index (χ3n) is 11.3. The zero-order valence-corrected chi connectivity index (χ0v) is 35.2. The van der Waals surface area contributed by atoms with E-state index in [1.54, 1.807) is 24.3 Å². The molecule has 0 saturated carbocycles. The number of H-pyrrole nitrogens is 1. The molecule has 3 heterocycles. The van der Waals surface area contributed by atoms with E-state index in [0.717, 1.165) is 24.2 Å². The van der Waals surface area contributed by atoms with E-state index in [-0.39, 0.29) is 59.5 Å². The van der Waals surface area contributed by atoms with Crippen molar-refractivity contribution in [2.75, 3.05) is 63.6 Å². The second-order valence-electron chi connectivity index (χ2n) is 15.5. The van der Waals surface area contributed by atoms with Crippen molar-refractivity contribution in [2.45, 2.75) is 44.4 Å². The van der Waals surface area contributed by atoms with Gasteiger partial charge in [-0.15, -0.1) is 0 Å². The lowest BCUT2D eigenvalue weighted by molar-refractivity contribution is -0.130. The molecular formula is C46H51ClN6O9. The van der Waals surface area contributed by atoms with Crippen LogP contribution in [0.4, 0.5) is 21.0 Å². The molecule has 6 N–H and O–H groups in total. The smallest absolute Gasteiger partial charge is 0.411 e. The Morgan fingerprint density at radius 3 is 2.45 bits per heavy atom. The van der Waals surface area contributed by atoms with Crippen LogP contribution in [-0.2, 0) is 20.8 Å². The predicted octanol–water partition coefficient (Wildman–Crippen LogP) is 6.89. The quantitative estimate of drug-likeness (QED) is 0.0642.